The van der Waals surface area contributed by atoms with E-state index in [-0.39, 0.29) is 5.97 Å². The maximum Gasteiger partial charge on any atom is 0.305 e. The van der Waals surface area contributed by atoms with Gasteiger partial charge in [-0.05, 0) is 18.6 Å². The average Bonchev–Trinajstić information content (AvgIpc) is 2.29. The number of nitrogen functional groups attached to an aromatic ring is 1. The molecule has 5 heteroatoms. The molecule has 0 saturated carbocycles. The number of esters is 1. The molecule has 0 aliphatic rings. The van der Waals surface area contributed by atoms with E-state index in [2.05, 4.69) is 9.72 Å². The molecule has 0 radical (unpaired) electrons. The number of hydrogen-bond donors (Lipinski definition) is 1. The second-order valence-electron chi connectivity index (χ2n) is 3.52. The van der Waals surface area contributed by atoms with Crippen molar-refractivity contribution in [2.75, 3.05) is 31.3 Å². The van der Waals surface area contributed by atoms with Crippen LogP contribution in [0.1, 0.15) is 12.8 Å². The molecular formula is C11H17N3O2. The number of carbonyl (C=O) groups is 1. The Balaban J connectivity index is 2.44. The standard InChI is InChI=1S/C11H17N3O2/c1-14(8-4-6-10(15)16-2)11-9(12)5-3-7-13-11/h3,5,7H,4,6,8,12H2,1-2H3. The maximum absolute atomic E-state index is 10.9. The van der Waals surface area contributed by atoms with Crippen LogP contribution >= 0.6 is 0 Å². The molecule has 0 bridgehead atoms. The molecule has 1 rings (SSSR count). The second kappa shape index (κ2) is 5.95. The summed E-state index contributed by atoms with van der Waals surface area (Å²) in [6, 6.07) is 3.60. The number of ether oxygens (including phenoxy) is 1. The third-order valence-corrected chi connectivity index (χ3v) is 2.28. The molecule has 1 heterocycles. The van der Waals surface area contributed by atoms with Crippen molar-refractivity contribution < 1.29 is 9.53 Å². The van der Waals surface area contributed by atoms with Crippen LogP contribution in [0.2, 0.25) is 0 Å². The molecule has 16 heavy (non-hydrogen) atoms. The lowest BCUT2D eigenvalue weighted by atomic mass is 10.3. The van der Waals surface area contributed by atoms with E-state index in [0.717, 1.165) is 18.8 Å². The highest BCUT2D eigenvalue weighted by atomic mass is 16.5. The van der Waals surface area contributed by atoms with Crippen molar-refractivity contribution in [2.24, 2.45) is 0 Å². The largest absolute Gasteiger partial charge is 0.469 e. The van der Waals surface area contributed by atoms with Gasteiger partial charge >= 0.3 is 5.97 Å². The number of methoxy groups -OCH3 is 1. The number of aromatic nitrogens is 1. The second-order valence-corrected chi connectivity index (χ2v) is 3.52. The van der Waals surface area contributed by atoms with Gasteiger partial charge in [-0.1, -0.05) is 0 Å². The maximum atomic E-state index is 10.9. The lowest BCUT2D eigenvalue weighted by Crippen LogP contribution is -2.21. The first kappa shape index (κ1) is 12.3. The van der Waals surface area contributed by atoms with Gasteiger partial charge in [0.25, 0.3) is 0 Å². The lowest BCUT2D eigenvalue weighted by Gasteiger charge is -2.19. The van der Waals surface area contributed by atoms with Crippen molar-refractivity contribution in [3.8, 4) is 0 Å². The summed E-state index contributed by atoms with van der Waals surface area (Å²) in [6.07, 6.45) is 2.83. The van der Waals surface area contributed by atoms with Crippen LogP contribution in [0, 0.1) is 0 Å². The summed E-state index contributed by atoms with van der Waals surface area (Å²) in [5.74, 6) is 0.551. The lowest BCUT2D eigenvalue weighted by molar-refractivity contribution is -0.140. The molecule has 0 aliphatic carbocycles. The van der Waals surface area contributed by atoms with Crippen LogP contribution in [0.5, 0.6) is 0 Å². The van der Waals surface area contributed by atoms with E-state index < -0.39 is 0 Å². The van der Waals surface area contributed by atoms with Crippen molar-refractivity contribution in [3.05, 3.63) is 18.3 Å². The summed E-state index contributed by atoms with van der Waals surface area (Å²) in [5.41, 5.74) is 6.43. The van der Waals surface area contributed by atoms with Gasteiger partial charge in [0, 0.05) is 26.2 Å². The topological polar surface area (TPSA) is 68.5 Å². The number of carbonyl (C=O) groups excluding carboxylic acids is 1. The highest BCUT2D eigenvalue weighted by molar-refractivity contribution is 5.69. The molecule has 0 aliphatic heterocycles. The van der Waals surface area contributed by atoms with Crippen LogP contribution in [-0.4, -0.2) is 31.7 Å². The smallest absolute Gasteiger partial charge is 0.305 e. The zero-order valence-corrected chi connectivity index (χ0v) is 9.64. The Labute approximate surface area is 95.2 Å². The number of rotatable bonds is 5. The van der Waals surface area contributed by atoms with E-state index in [1.54, 1.807) is 18.3 Å². The van der Waals surface area contributed by atoms with Crippen molar-refractivity contribution in [2.45, 2.75) is 12.8 Å². The Morgan fingerprint density at radius 1 is 1.62 bits per heavy atom. The van der Waals surface area contributed by atoms with Gasteiger partial charge in [0.2, 0.25) is 0 Å². The van der Waals surface area contributed by atoms with Crippen molar-refractivity contribution in [3.63, 3.8) is 0 Å². The first-order valence-corrected chi connectivity index (χ1v) is 5.13. The molecule has 0 aromatic carbocycles. The summed E-state index contributed by atoms with van der Waals surface area (Å²) in [5, 5.41) is 0. The zero-order valence-electron chi connectivity index (χ0n) is 9.64. The predicted molar refractivity (Wildman–Crippen MR) is 63.2 cm³/mol. The summed E-state index contributed by atoms with van der Waals surface area (Å²) >= 11 is 0. The van der Waals surface area contributed by atoms with Gasteiger partial charge in [-0.3, -0.25) is 4.79 Å². The van der Waals surface area contributed by atoms with E-state index in [1.807, 2.05) is 11.9 Å². The fraction of sp³-hybridized carbons (Fsp3) is 0.455. The zero-order chi connectivity index (χ0) is 12.0. The van der Waals surface area contributed by atoms with Gasteiger partial charge in [-0.25, -0.2) is 4.98 Å². The van der Waals surface area contributed by atoms with E-state index in [9.17, 15) is 4.79 Å². The van der Waals surface area contributed by atoms with Crippen LogP contribution in [0.4, 0.5) is 11.5 Å². The fourth-order valence-corrected chi connectivity index (χ4v) is 1.40. The van der Waals surface area contributed by atoms with Crippen molar-refractivity contribution >= 4 is 17.5 Å². The third-order valence-electron chi connectivity index (χ3n) is 2.28. The summed E-state index contributed by atoms with van der Waals surface area (Å²) in [4.78, 5) is 17.0. The Kier molecular flexibility index (Phi) is 4.57. The number of nitrogens with two attached hydrogens (primary N) is 1. The summed E-state index contributed by atoms with van der Waals surface area (Å²) < 4.78 is 4.56. The predicted octanol–water partition coefficient (Wildman–Crippen LogP) is 1.05. The van der Waals surface area contributed by atoms with E-state index in [0.29, 0.717) is 12.1 Å². The molecule has 88 valence electrons. The van der Waals surface area contributed by atoms with Crippen LogP contribution in [-0.2, 0) is 9.53 Å². The van der Waals surface area contributed by atoms with Gasteiger partial charge in [-0.2, -0.15) is 0 Å². The van der Waals surface area contributed by atoms with Gasteiger partial charge in [0.1, 0.15) is 0 Å². The van der Waals surface area contributed by atoms with Gasteiger partial charge < -0.3 is 15.4 Å². The number of nitrogens with zero attached hydrogens (tertiary/aromatic N) is 2. The van der Waals surface area contributed by atoms with Gasteiger partial charge in [0.15, 0.2) is 5.82 Å². The molecule has 1 aromatic heterocycles. The van der Waals surface area contributed by atoms with Crippen LogP contribution in [0.3, 0.4) is 0 Å². The quantitative estimate of drug-likeness (QED) is 0.756. The van der Waals surface area contributed by atoms with Crippen molar-refractivity contribution in [1.82, 2.24) is 4.98 Å². The minimum Gasteiger partial charge on any atom is -0.469 e. The molecule has 0 amide bonds. The Hall–Kier alpha value is -1.78. The number of pyridine rings is 1. The SMILES string of the molecule is COC(=O)CCCN(C)c1ncccc1N. The van der Waals surface area contributed by atoms with Crippen molar-refractivity contribution in [1.29, 1.82) is 0 Å². The van der Waals surface area contributed by atoms with Crippen LogP contribution in [0.25, 0.3) is 0 Å². The highest BCUT2D eigenvalue weighted by Crippen LogP contribution is 2.17. The molecule has 5 nitrogen and oxygen atoms in total. The van der Waals surface area contributed by atoms with Crippen LogP contribution < -0.4 is 10.6 Å². The normalized spacial score (nSPS) is 9.88. The fourth-order valence-electron chi connectivity index (χ4n) is 1.40. The molecule has 1 aromatic rings. The van der Waals surface area contributed by atoms with E-state index in [4.69, 9.17) is 5.73 Å². The first-order valence-electron chi connectivity index (χ1n) is 5.13. The molecule has 0 fully saturated rings. The first-order chi connectivity index (χ1) is 7.65. The highest BCUT2D eigenvalue weighted by Gasteiger charge is 2.07. The molecule has 0 spiro atoms. The van der Waals surface area contributed by atoms with Gasteiger partial charge in [-0.15, -0.1) is 0 Å². The minimum atomic E-state index is -0.192. The molecule has 0 saturated heterocycles. The summed E-state index contributed by atoms with van der Waals surface area (Å²) in [6.45, 7) is 0.719. The third kappa shape index (κ3) is 3.42. The average molecular weight is 223 g/mol. The van der Waals surface area contributed by atoms with Gasteiger partial charge in [0.05, 0.1) is 12.8 Å². The number of hydrogen-bond acceptors (Lipinski definition) is 5. The molecule has 2 N–H and O–H groups in total. The van der Waals surface area contributed by atoms with Crippen LogP contribution in [0.15, 0.2) is 18.3 Å². The minimum absolute atomic E-state index is 0.192. The molecule has 0 unspecified atom stereocenters. The Morgan fingerprint density at radius 2 is 2.38 bits per heavy atom. The number of anilines is 2. The Bertz CT molecular complexity index is 355. The van der Waals surface area contributed by atoms with E-state index >= 15 is 0 Å². The summed E-state index contributed by atoms with van der Waals surface area (Å²) in [7, 11) is 3.29. The van der Waals surface area contributed by atoms with E-state index in [1.165, 1.54) is 7.11 Å². The monoisotopic (exact) mass is 223 g/mol. The molecular weight excluding hydrogens is 206 g/mol. The Morgan fingerprint density at radius 3 is 3.00 bits per heavy atom. The molecule has 0 atom stereocenters.